The minimum absolute atomic E-state index is 0.184. The first-order valence-electron chi connectivity index (χ1n) is 8.63. The molecule has 0 aromatic rings. The third-order valence-corrected chi connectivity index (χ3v) is 4.00. The summed E-state index contributed by atoms with van der Waals surface area (Å²) in [6.07, 6.45) is 1.08. The molecule has 0 bridgehead atoms. The Hall–Kier alpha value is -0.990. The fourth-order valence-corrected chi connectivity index (χ4v) is 2.40. The number of aliphatic hydroxyl groups excluding tert-OH is 5. The summed E-state index contributed by atoms with van der Waals surface area (Å²) in [5.74, 6) is -0.369. The van der Waals surface area contributed by atoms with Crippen molar-refractivity contribution in [1.29, 1.82) is 0 Å². The number of carbonyl (C=O) groups is 1. The van der Waals surface area contributed by atoms with Crippen LogP contribution in [0, 0.1) is 0 Å². The molecule has 4 unspecified atom stereocenters. The van der Waals surface area contributed by atoms with Gasteiger partial charge in [0, 0.05) is 13.1 Å². The Morgan fingerprint density at radius 2 is 1.54 bits per heavy atom. The molecule has 0 aliphatic rings. The van der Waals surface area contributed by atoms with Gasteiger partial charge < -0.3 is 30.4 Å². The van der Waals surface area contributed by atoms with Gasteiger partial charge in [-0.05, 0) is 12.5 Å². The molecule has 7 nitrogen and oxygen atoms in total. The van der Waals surface area contributed by atoms with Gasteiger partial charge in [-0.1, -0.05) is 45.6 Å². The third kappa shape index (κ3) is 8.75. The lowest BCUT2D eigenvalue weighted by Crippen LogP contribution is -2.50. The highest BCUT2D eigenvalue weighted by molar-refractivity contribution is 5.87. The van der Waals surface area contributed by atoms with E-state index in [4.69, 9.17) is 5.11 Å². The summed E-state index contributed by atoms with van der Waals surface area (Å²) in [4.78, 5) is 13.2. The lowest BCUT2D eigenvalue weighted by Gasteiger charge is -2.30. The van der Waals surface area contributed by atoms with Crippen LogP contribution < -0.4 is 0 Å². The summed E-state index contributed by atoms with van der Waals surface area (Å²) in [7, 11) is 0. The number of hydrogen-bond donors (Lipinski definition) is 5. The molecule has 0 saturated heterocycles. The van der Waals surface area contributed by atoms with Crippen molar-refractivity contribution in [3.8, 4) is 0 Å². The van der Waals surface area contributed by atoms with Gasteiger partial charge in [0.1, 0.15) is 24.4 Å². The van der Waals surface area contributed by atoms with Gasteiger partial charge in [-0.25, -0.2) is 0 Å². The van der Waals surface area contributed by atoms with E-state index in [9.17, 15) is 25.2 Å². The molecule has 0 spiro atoms. The van der Waals surface area contributed by atoms with Crippen LogP contribution in [0.5, 0.6) is 0 Å². The molecular weight excluding hydrogens is 314 g/mol. The first-order chi connectivity index (χ1) is 11.4. The Bertz CT molecular complexity index is 352. The first kappa shape index (κ1) is 23.0. The van der Waals surface area contributed by atoms with Crippen LogP contribution in [-0.2, 0) is 4.79 Å². The van der Waals surface area contributed by atoms with Crippen molar-refractivity contribution in [3.05, 3.63) is 12.7 Å². The number of unbranched alkanes of at least 4 members (excludes halogenated alkanes) is 5. The molecule has 0 aliphatic carbocycles. The number of amides is 1. The zero-order valence-electron chi connectivity index (χ0n) is 14.5. The summed E-state index contributed by atoms with van der Waals surface area (Å²) in [6, 6.07) is 0. The van der Waals surface area contributed by atoms with Crippen LogP contribution in [-0.4, -0.2) is 80.5 Å². The van der Waals surface area contributed by atoms with Crippen LogP contribution in [0.4, 0.5) is 0 Å². The zero-order valence-corrected chi connectivity index (χ0v) is 14.5. The predicted molar refractivity (Wildman–Crippen MR) is 91.3 cm³/mol. The molecule has 0 rings (SSSR count). The van der Waals surface area contributed by atoms with Crippen LogP contribution in [0.2, 0.25) is 0 Å². The lowest BCUT2D eigenvalue weighted by molar-refractivity contribution is -0.135. The van der Waals surface area contributed by atoms with Crippen LogP contribution in [0.1, 0.15) is 45.4 Å². The number of rotatable bonds is 14. The Kier molecular flexibility index (Phi) is 12.8. The van der Waals surface area contributed by atoms with E-state index in [0.717, 1.165) is 38.2 Å². The maximum absolute atomic E-state index is 11.9. The molecule has 7 heteroatoms. The van der Waals surface area contributed by atoms with Crippen molar-refractivity contribution in [2.75, 3.05) is 19.7 Å². The lowest BCUT2D eigenvalue weighted by atomic mass is 10.0. The van der Waals surface area contributed by atoms with E-state index in [-0.39, 0.29) is 12.5 Å². The number of nitrogens with zero attached hydrogens (tertiary/aromatic N) is 1. The summed E-state index contributed by atoms with van der Waals surface area (Å²) in [5.41, 5.74) is 0. The summed E-state index contributed by atoms with van der Waals surface area (Å²) < 4.78 is 0. The van der Waals surface area contributed by atoms with Gasteiger partial charge in [0.05, 0.1) is 6.61 Å². The smallest absolute Gasteiger partial charge is 0.246 e. The second kappa shape index (κ2) is 13.3. The Labute approximate surface area is 144 Å². The van der Waals surface area contributed by atoms with Gasteiger partial charge in [-0.2, -0.15) is 0 Å². The van der Waals surface area contributed by atoms with Crippen LogP contribution in [0.25, 0.3) is 0 Å². The van der Waals surface area contributed by atoms with Gasteiger partial charge in [0.15, 0.2) is 0 Å². The first-order valence-corrected chi connectivity index (χ1v) is 8.63. The van der Waals surface area contributed by atoms with E-state index < -0.39 is 31.0 Å². The van der Waals surface area contributed by atoms with E-state index in [1.165, 1.54) is 11.3 Å². The minimum atomic E-state index is -1.69. The average molecular weight is 347 g/mol. The van der Waals surface area contributed by atoms with E-state index in [1.807, 2.05) is 0 Å². The molecule has 0 aromatic heterocycles. The fourth-order valence-electron chi connectivity index (χ4n) is 2.40. The second-order valence-corrected chi connectivity index (χ2v) is 6.05. The molecule has 0 saturated carbocycles. The van der Waals surface area contributed by atoms with Crippen LogP contribution in [0.3, 0.4) is 0 Å². The molecular formula is C17H33NO6. The van der Waals surface area contributed by atoms with Crippen molar-refractivity contribution in [1.82, 2.24) is 4.90 Å². The number of aliphatic hydroxyl groups is 5. The normalized spacial score (nSPS) is 16.2. The molecule has 142 valence electrons. The SMILES string of the molecule is C=CC(=O)N(CCCCCCCC)CC(O)C(O)C(O)C(O)CO. The maximum atomic E-state index is 11.9. The number of hydrogen-bond acceptors (Lipinski definition) is 6. The monoisotopic (exact) mass is 347 g/mol. The van der Waals surface area contributed by atoms with E-state index >= 15 is 0 Å². The van der Waals surface area contributed by atoms with Crippen molar-refractivity contribution >= 4 is 5.91 Å². The third-order valence-electron chi connectivity index (χ3n) is 4.00. The molecule has 24 heavy (non-hydrogen) atoms. The van der Waals surface area contributed by atoms with Crippen molar-refractivity contribution < 1.29 is 30.3 Å². The molecule has 5 N–H and O–H groups in total. The van der Waals surface area contributed by atoms with Crippen LogP contribution in [0.15, 0.2) is 12.7 Å². The van der Waals surface area contributed by atoms with Crippen molar-refractivity contribution in [2.45, 2.75) is 69.9 Å². The second-order valence-electron chi connectivity index (χ2n) is 6.05. The topological polar surface area (TPSA) is 121 Å². The summed E-state index contributed by atoms with van der Waals surface area (Å²) >= 11 is 0. The quantitative estimate of drug-likeness (QED) is 0.219. The molecule has 0 aliphatic heterocycles. The van der Waals surface area contributed by atoms with Crippen molar-refractivity contribution in [2.24, 2.45) is 0 Å². The largest absolute Gasteiger partial charge is 0.394 e. The average Bonchev–Trinajstić information content (AvgIpc) is 2.60. The van der Waals surface area contributed by atoms with Gasteiger partial charge in [-0.3, -0.25) is 4.79 Å². The van der Waals surface area contributed by atoms with Gasteiger partial charge in [0.25, 0.3) is 0 Å². The van der Waals surface area contributed by atoms with Gasteiger partial charge in [0.2, 0.25) is 5.91 Å². The summed E-state index contributed by atoms with van der Waals surface area (Å²) in [6.45, 7) is 5.05. The molecule has 0 radical (unpaired) electrons. The highest BCUT2D eigenvalue weighted by Crippen LogP contribution is 2.10. The number of carbonyl (C=O) groups excluding carboxylic acids is 1. The summed E-state index contributed by atoms with van der Waals surface area (Å²) in [5, 5.41) is 47.5. The Balaban J connectivity index is 4.45. The standard InChI is InChI=1S/C17H33NO6/c1-3-5-6-7-8-9-10-18(15(22)4-2)11-13(20)16(23)17(24)14(21)12-19/h4,13-14,16-17,19-21,23-24H,2-3,5-12H2,1H3. The van der Waals surface area contributed by atoms with E-state index in [1.54, 1.807) is 0 Å². The molecule has 0 aromatic carbocycles. The molecule has 0 fully saturated rings. The Morgan fingerprint density at radius 1 is 1.00 bits per heavy atom. The minimum Gasteiger partial charge on any atom is -0.394 e. The molecule has 1 amide bonds. The molecule has 0 heterocycles. The highest BCUT2D eigenvalue weighted by atomic mass is 16.4. The van der Waals surface area contributed by atoms with E-state index in [0.29, 0.717) is 6.54 Å². The van der Waals surface area contributed by atoms with Crippen LogP contribution >= 0.6 is 0 Å². The Morgan fingerprint density at radius 3 is 2.08 bits per heavy atom. The maximum Gasteiger partial charge on any atom is 0.246 e. The predicted octanol–water partition coefficient (Wildman–Crippen LogP) is -0.203. The fraction of sp³-hybridized carbons (Fsp3) is 0.824. The van der Waals surface area contributed by atoms with E-state index in [2.05, 4.69) is 13.5 Å². The molecule has 4 atom stereocenters. The van der Waals surface area contributed by atoms with Crippen molar-refractivity contribution in [3.63, 3.8) is 0 Å². The van der Waals surface area contributed by atoms with Gasteiger partial charge >= 0.3 is 0 Å². The zero-order chi connectivity index (χ0) is 18.5. The van der Waals surface area contributed by atoms with Gasteiger partial charge in [-0.15, -0.1) is 0 Å². The highest BCUT2D eigenvalue weighted by Gasteiger charge is 2.31.